The minimum atomic E-state index is -2.84. The number of ether oxygens (including phenoxy) is 1. The lowest BCUT2D eigenvalue weighted by Gasteiger charge is -2.09. The molecule has 0 unspecified atom stereocenters. The number of hydrogen-bond donors (Lipinski definition) is 1. The summed E-state index contributed by atoms with van der Waals surface area (Å²) in [7, 11) is 0. The molecule has 0 amide bonds. The van der Waals surface area contributed by atoms with Crippen molar-refractivity contribution in [2.24, 2.45) is 0 Å². The molecule has 0 aliphatic heterocycles. The molecule has 2 heterocycles. The van der Waals surface area contributed by atoms with E-state index in [2.05, 4.69) is 25.0 Å². The molecule has 3 aromatic rings. The van der Waals surface area contributed by atoms with E-state index in [0.29, 0.717) is 17.3 Å². The van der Waals surface area contributed by atoms with E-state index >= 15 is 0 Å². The Kier molecular flexibility index (Phi) is 4.13. The molecule has 0 aliphatic rings. The molecule has 0 aliphatic carbocycles. The van der Waals surface area contributed by atoms with Gasteiger partial charge < -0.3 is 10.1 Å². The van der Waals surface area contributed by atoms with Gasteiger partial charge in [0.1, 0.15) is 29.5 Å². The zero-order valence-electron chi connectivity index (χ0n) is 12.1. The van der Waals surface area contributed by atoms with Crippen molar-refractivity contribution in [1.82, 2.24) is 19.5 Å². The largest absolute Gasteiger partial charge is 0.435 e. The summed E-state index contributed by atoms with van der Waals surface area (Å²) >= 11 is 0. The number of benzene rings is 1. The van der Waals surface area contributed by atoms with Gasteiger partial charge in [0.15, 0.2) is 0 Å². The highest BCUT2D eigenvalue weighted by atomic mass is 19.3. The predicted octanol–water partition coefficient (Wildman–Crippen LogP) is 3.32. The highest BCUT2D eigenvalue weighted by Crippen LogP contribution is 2.21. The summed E-state index contributed by atoms with van der Waals surface area (Å²) < 4.78 is 30.4. The Bertz CT molecular complexity index is 789. The summed E-state index contributed by atoms with van der Waals surface area (Å²) in [4.78, 5) is 12.5. The molecule has 6 nitrogen and oxygen atoms in total. The standard InChI is InChI=1S/C15H13F2N5O/c1-10-18-6-7-22(10)14-8-13(19-9-20-14)21-11-2-4-12(5-3-11)23-15(16)17/h2-9,15H,1H3,(H,19,20,21). The van der Waals surface area contributed by atoms with Gasteiger partial charge in [0, 0.05) is 24.1 Å². The van der Waals surface area contributed by atoms with Crippen LogP contribution < -0.4 is 10.1 Å². The second kappa shape index (κ2) is 6.39. The highest BCUT2D eigenvalue weighted by Gasteiger charge is 2.06. The third-order valence-corrected chi connectivity index (χ3v) is 3.08. The van der Waals surface area contributed by atoms with Crippen LogP contribution in [0.2, 0.25) is 0 Å². The molecule has 0 fully saturated rings. The van der Waals surface area contributed by atoms with Crippen molar-refractivity contribution >= 4 is 11.5 Å². The van der Waals surface area contributed by atoms with Crippen molar-refractivity contribution < 1.29 is 13.5 Å². The van der Waals surface area contributed by atoms with E-state index in [-0.39, 0.29) is 5.75 Å². The molecule has 1 aromatic carbocycles. The molecule has 0 saturated carbocycles. The molecule has 2 aromatic heterocycles. The van der Waals surface area contributed by atoms with E-state index in [9.17, 15) is 8.78 Å². The van der Waals surface area contributed by atoms with Gasteiger partial charge in [-0.1, -0.05) is 0 Å². The monoisotopic (exact) mass is 317 g/mol. The van der Waals surface area contributed by atoms with Crippen LogP contribution in [0.5, 0.6) is 5.75 Å². The Morgan fingerprint density at radius 1 is 1.13 bits per heavy atom. The zero-order valence-corrected chi connectivity index (χ0v) is 12.1. The van der Waals surface area contributed by atoms with Crippen molar-refractivity contribution in [3.63, 3.8) is 0 Å². The fourth-order valence-electron chi connectivity index (χ4n) is 2.03. The third-order valence-electron chi connectivity index (χ3n) is 3.08. The Balaban J connectivity index is 1.77. The third kappa shape index (κ3) is 3.60. The normalized spacial score (nSPS) is 10.8. The number of rotatable bonds is 5. The summed E-state index contributed by atoms with van der Waals surface area (Å²) in [6, 6.07) is 7.93. The fraction of sp³-hybridized carbons (Fsp3) is 0.133. The van der Waals surface area contributed by atoms with Crippen LogP contribution in [0.25, 0.3) is 5.82 Å². The van der Waals surface area contributed by atoms with Gasteiger partial charge in [0.2, 0.25) is 0 Å². The summed E-state index contributed by atoms with van der Waals surface area (Å²) in [5.74, 6) is 2.16. The van der Waals surface area contributed by atoms with Crippen LogP contribution in [0.4, 0.5) is 20.3 Å². The second-order valence-electron chi connectivity index (χ2n) is 4.63. The number of nitrogens with zero attached hydrogens (tertiary/aromatic N) is 4. The van der Waals surface area contributed by atoms with Crippen molar-refractivity contribution in [1.29, 1.82) is 0 Å². The summed E-state index contributed by atoms with van der Waals surface area (Å²) in [5, 5.41) is 3.08. The lowest BCUT2D eigenvalue weighted by molar-refractivity contribution is -0.0498. The fourth-order valence-corrected chi connectivity index (χ4v) is 2.03. The topological polar surface area (TPSA) is 64.9 Å². The molecule has 3 rings (SSSR count). The lowest BCUT2D eigenvalue weighted by atomic mass is 10.3. The summed E-state index contributed by atoms with van der Waals surface area (Å²) in [6.07, 6.45) is 4.93. The Morgan fingerprint density at radius 3 is 2.57 bits per heavy atom. The molecule has 0 saturated heterocycles. The maximum Gasteiger partial charge on any atom is 0.387 e. The smallest absolute Gasteiger partial charge is 0.387 e. The van der Waals surface area contributed by atoms with E-state index in [4.69, 9.17) is 0 Å². The SMILES string of the molecule is Cc1nccn1-c1cc(Nc2ccc(OC(F)F)cc2)ncn1. The van der Waals surface area contributed by atoms with E-state index in [1.54, 1.807) is 30.6 Å². The number of aromatic nitrogens is 4. The molecule has 23 heavy (non-hydrogen) atoms. The van der Waals surface area contributed by atoms with Crippen LogP contribution in [0.15, 0.2) is 49.1 Å². The molecule has 0 bridgehead atoms. The van der Waals surface area contributed by atoms with Gasteiger partial charge in [-0.25, -0.2) is 15.0 Å². The average Bonchev–Trinajstić information content (AvgIpc) is 2.95. The van der Waals surface area contributed by atoms with Crippen molar-refractivity contribution in [2.45, 2.75) is 13.5 Å². The van der Waals surface area contributed by atoms with Crippen LogP contribution in [0.3, 0.4) is 0 Å². The molecular formula is C15H13F2N5O. The number of halogens is 2. The second-order valence-corrected chi connectivity index (χ2v) is 4.63. The van der Waals surface area contributed by atoms with Crippen LogP contribution >= 0.6 is 0 Å². The number of anilines is 2. The van der Waals surface area contributed by atoms with Crippen molar-refractivity contribution in [2.75, 3.05) is 5.32 Å². The van der Waals surface area contributed by atoms with Crippen LogP contribution in [0, 0.1) is 6.92 Å². The summed E-state index contributed by atoms with van der Waals surface area (Å²) in [6.45, 7) is -0.964. The molecule has 0 atom stereocenters. The van der Waals surface area contributed by atoms with Crippen LogP contribution in [-0.2, 0) is 0 Å². The van der Waals surface area contributed by atoms with Gasteiger partial charge in [-0.15, -0.1) is 0 Å². The Morgan fingerprint density at radius 2 is 1.91 bits per heavy atom. The maximum absolute atomic E-state index is 12.1. The van der Waals surface area contributed by atoms with Gasteiger partial charge in [0.25, 0.3) is 0 Å². The minimum absolute atomic E-state index is 0.1000. The molecule has 0 spiro atoms. The summed E-state index contributed by atoms with van der Waals surface area (Å²) in [5.41, 5.74) is 0.693. The van der Waals surface area contributed by atoms with Gasteiger partial charge in [-0.05, 0) is 31.2 Å². The van der Waals surface area contributed by atoms with Gasteiger partial charge in [-0.2, -0.15) is 8.78 Å². The van der Waals surface area contributed by atoms with Gasteiger partial charge in [0.05, 0.1) is 0 Å². The van der Waals surface area contributed by atoms with Crippen LogP contribution in [0.1, 0.15) is 5.82 Å². The van der Waals surface area contributed by atoms with E-state index in [0.717, 1.165) is 5.82 Å². The van der Waals surface area contributed by atoms with Crippen molar-refractivity contribution in [3.05, 3.63) is 54.9 Å². The highest BCUT2D eigenvalue weighted by molar-refractivity contribution is 5.58. The average molecular weight is 317 g/mol. The minimum Gasteiger partial charge on any atom is -0.435 e. The molecule has 118 valence electrons. The molecule has 1 N–H and O–H groups in total. The number of hydrogen-bond acceptors (Lipinski definition) is 5. The van der Waals surface area contributed by atoms with E-state index in [1.165, 1.54) is 18.5 Å². The molecular weight excluding hydrogens is 304 g/mol. The van der Waals surface area contributed by atoms with Crippen molar-refractivity contribution in [3.8, 4) is 11.6 Å². The zero-order chi connectivity index (χ0) is 16.2. The first-order valence-electron chi connectivity index (χ1n) is 6.76. The number of imidazole rings is 1. The first-order valence-corrected chi connectivity index (χ1v) is 6.76. The number of alkyl halides is 2. The quantitative estimate of drug-likeness (QED) is 0.782. The predicted molar refractivity (Wildman–Crippen MR) is 80.2 cm³/mol. The van der Waals surface area contributed by atoms with Gasteiger partial charge >= 0.3 is 6.61 Å². The Labute approximate surface area is 130 Å². The van der Waals surface area contributed by atoms with E-state index in [1.807, 2.05) is 11.5 Å². The van der Waals surface area contributed by atoms with Gasteiger partial charge in [-0.3, -0.25) is 4.57 Å². The number of nitrogens with one attached hydrogen (secondary N) is 1. The maximum atomic E-state index is 12.1. The lowest BCUT2D eigenvalue weighted by Crippen LogP contribution is -2.03. The molecule has 8 heteroatoms. The number of aryl methyl sites for hydroxylation is 1. The molecule has 0 radical (unpaired) electrons. The first-order chi connectivity index (χ1) is 11.1. The first kappa shape index (κ1) is 14.9. The van der Waals surface area contributed by atoms with Crippen LogP contribution in [-0.4, -0.2) is 26.1 Å². The Hall–Kier alpha value is -3.03. The van der Waals surface area contributed by atoms with E-state index < -0.39 is 6.61 Å².